The van der Waals surface area contributed by atoms with E-state index in [0.717, 1.165) is 0 Å². The average Bonchev–Trinajstić information content (AvgIpc) is 2.49. The van der Waals surface area contributed by atoms with Crippen molar-refractivity contribution in [3.63, 3.8) is 0 Å². The highest BCUT2D eigenvalue weighted by molar-refractivity contribution is 9.10. The first-order valence-corrected chi connectivity index (χ1v) is 4.34. The topological polar surface area (TPSA) is 36.9 Å². The van der Waals surface area contributed by atoms with Crippen LogP contribution in [0.4, 0.5) is 0 Å². The fraction of sp³-hybridized carbons (Fsp3) is 0.125. The summed E-state index contributed by atoms with van der Waals surface area (Å²) in [5.74, 6) is 0.502. The van der Waals surface area contributed by atoms with Crippen molar-refractivity contribution >= 4 is 32.6 Å². The maximum Gasteiger partial charge on any atom is 0.169 e. The quantitative estimate of drug-likeness (QED) is 0.711. The van der Waals surface area contributed by atoms with Gasteiger partial charge in [-0.25, -0.2) is 0 Å². The minimum absolute atomic E-state index is 0.350. The molecule has 0 unspecified atom stereocenters. The van der Waals surface area contributed by atoms with Crippen LogP contribution in [0.1, 0.15) is 12.7 Å². The summed E-state index contributed by atoms with van der Waals surface area (Å²) in [4.78, 5) is 0. The van der Waals surface area contributed by atoms with E-state index in [1.165, 1.54) is 0 Å². The van der Waals surface area contributed by atoms with Crippen LogP contribution in [0.2, 0.25) is 0 Å². The molecule has 0 aliphatic heterocycles. The number of rotatable bonds is 1. The third-order valence-corrected chi connectivity index (χ3v) is 2.18. The minimum atomic E-state index is 0.350. The van der Waals surface area contributed by atoms with Crippen LogP contribution in [-0.4, -0.2) is 0 Å². The Labute approximate surface area is 83.6 Å². The molecule has 1 rings (SSSR count). The monoisotopic (exact) mass is 245 g/mol. The lowest BCUT2D eigenvalue weighted by Crippen LogP contribution is -1.75. The van der Waals surface area contributed by atoms with Gasteiger partial charge < -0.3 is 4.42 Å². The molecule has 1 heterocycles. The summed E-state index contributed by atoms with van der Waals surface area (Å²) in [6.07, 6.45) is 0. The van der Waals surface area contributed by atoms with Crippen LogP contribution < -0.4 is 0 Å². The maximum absolute atomic E-state index is 8.53. The van der Waals surface area contributed by atoms with E-state index in [-0.39, 0.29) is 0 Å². The Bertz CT molecular complexity index is 361. The van der Waals surface area contributed by atoms with E-state index in [1.54, 1.807) is 19.1 Å². The Hall–Kier alpha value is -0.720. The first kappa shape index (κ1) is 9.37. The van der Waals surface area contributed by atoms with E-state index >= 15 is 0 Å². The third-order valence-electron chi connectivity index (χ3n) is 1.29. The normalized spacial score (nSPS) is 12.2. The highest BCUT2D eigenvalue weighted by atomic mass is 79.9. The Balaban J connectivity index is 3.09. The highest BCUT2D eigenvalue weighted by Crippen LogP contribution is 2.26. The molecular weight excluding hydrogens is 241 g/mol. The predicted molar refractivity (Wildman–Crippen MR) is 50.5 cm³/mol. The number of furan rings is 1. The standard InChI is InChI=1S/C8H5BrClNO/c1-5(4-11)8(10)6-2-3-7(9)12-6/h2-3H,1H3. The summed E-state index contributed by atoms with van der Waals surface area (Å²) < 4.78 is 5.74. The van der Waals surface area contributed by atoms with E-state index in [4.69, 9.17) is 21.3 Å². The third kappa shape index (κ3) is 1.90. The molecule has 1 aromatic heterocycles. The highest BCUT2D eigenvalue weighted by Gasteiger charge is 2.06. The van der Waals surface area contributed by atoms with Gasteiger partial charge in [-0.1, -0.05) is 11.6 Å². The van der Waals surface area contributed by atoms with Gasteiger partial charge in [-0.15, -0.1) is 0 Å². The first-order valence-electron chi connectivity index (χ1n) is 3.17. The summed E-state index contributed by atoms with van der Waals surface area (Å²) in [6.45, 7) is 1.64. The maximum atomic E-state index is 8.53. The van der Waals surface area contributed by atoms with Crippen LogP contribution >= 0.6 is 27.5 Å². The SMILES string of the molecule is CC(C#N)=C(Cl)c1ccc(Br)o1. The summed E-state index contributed by atoms with van der Waals surface area (Å²) in [5.41, 5.74) is 0.443. The van der Waals surface area contributed by atoms with Crippen molar-refractivity contribution in [1.82, 2.24) is 0 Å². The van der Waals surface area contributed by atoms with Crippen LogP contribution in [-0.2, 0) is 0 Å². The number of hydrogen-bond acceptors (Lipinski definition) is 2. The van der Waals surface area contributed by atoms with Crippen LogP contribution in [0.3, 0.4) is 0 Å². The molecule has 12 heavy (non-hydrogen) atoms. The van der Waals surface area contributed by atoms with Crippen molar-refractivity contribution in [3.05, 3.63) is 28.1 Å². The lowest BCUT2D eigenvalue weighted by Gasteiger charge is -1.92. The van der Waals surface area contributed by atoms with E-state index in [9.17, 15) is 0 Å². The molecule has 0 saturated heterocycles. The minimum Gasteiger partial charge on any atom is -0.448 e. The lowest BCUT2D eigenvalue weighted by molar-refractivity contribution is 0.530. The number of nitrogens with zero attached hydrogens (tertiary/aromatic N) is 1. The number of halogens is 2. The second-order valence-corrected chi connectivity index (χ2v) is 3.31. The van der Waals surface area contributed by atoms with Crippen molar-refractivity contribution in [1.29, 1.82) is 5.26 Å². The van der Waals surface area contributed by atoms with E-state index in [2.05, 4.69) is 15.9 Å². The van der Waals surface area contributed by atoms with Crippen molar-refractivity contribution in [3.8, 4) is 6.07 Å². The van der Waals surface area contributed by atoms with Gasteiger partial charge >= 0.3 is 0 Å². The Morgan fingerprint density at radius 2 is 2.33 bits per heavy atom. The largest absolute Gasteiger partial charge is 0.448 e. The molecule has 0 saturated carbocycles. The second-order valence-electron chi connectivity index (χ2n) is 2.15. The molecule has 0 spiro atoms. The molecular formula is C8H5BrClNO. The summed E-state index contributed by atoms with van der Waals surface area (Å²) in [5, 5.41) is 8.88. The van der Waals surface area contributed by atoms with Crippen LogP contribution in [0.25, 0.3) is 5.03 Å². The van der Waals surface area contributed by atoms with Gasteiger partial charge in [0, 0.05) is 5.57 Å². The molecule has 0 aromatic carbocycles. The fourth-order valence-electron chi connectivity index (χ4n) is 0.666. The second kappa shape index (κ2) is 3.79. The smallest absolute Gasteiger partial charge is 0.169 e. The average molecular weight is 246 g/mol. The van der Waals surface area contributed by atoms with E-state index in [1.807, 2.05) is 6.07 Å². The predicted octanol–water partition coefficient (Wildman–Crippen LogP) is 3.54. The van der Waals surface area contributed by atoms with Gasteiger partial charge in [-0.05, 0) is 35.0 Å². The molecule has 62 valence electrons. The van der Waals surface area contributed by atoms with Gasteiger partial charge in [-0.2, -0.15) is 5.26 Å². The van der Waals surface area contributed by atoms with Crippen LogP contribution in [0.15, 0.2) is 26.8 Å². The van der Waals surface area contributed by atoms with Crippen molar-refractivity contribution in [2.24, 2.45) is 0 Å². The zero-order valence-corrected chi connectivity index (χ0v) is 8.61. The molecule has 0 N–H and O–H groups in total. The molecule has 0 radical (unpaired) electrons. The van der Waals surface area contributed by atoms with Gasteiger partial charge in [-0.3, -0.25) is 0 Å². The molecule has 2 nitrogen and oxygen atoms in total. The molecule has 0 fully saturated rings. The molecule has 0 aliphatic carbocycles. The Morgan fingerprint density at radius 1 is 1.67 bits per heavy atom. The van der Waals surface area contributed by atoms with Crippen molar-refractivity contribution in [2.45, 2.75) is 6.92 Å². The van der Waals surface area contributed by atoms with Gasteiger partial charge in [0.05, 0.1) is 11.1 Å². The number of nitriles is 1. The molecule has 0 aliphatic rings. The molecule has 0 bridgehead atoms. The molecule has 0 atom stereocenters. The van der Waals surface area contributed by atoms with Crippen LogP contribution in [0.5, 0.6) is 0 Å². The van der Waals surface area contributed by atoms with Gasteiger partial charge in [0.1, 0.15) is 5.76 Å². The van der Waals surface area contributed by atoms with Gasteiger partial charge in [0.15, 0.2) is 4.67 Å². The van der Waals surface area contributed by atoms with E-state index in [0.29, 0.717) is 21.0 Å². The Morgan fingerprint density at radius 3 is 2.75 bits per heavy atom. The summed E-state index contributed by atoms with van der Waals surface area (Å²) >= 11 is 8.95. The van der Waals surface area contributed by atoms with Crippen LogP contribution in [0, 0.1) is 11.3 Å². The fourth-order valence-corrected chi connectivity index (χ4v) is 1.12. The number of allylic oxidation sites excluding steroid dienone is 1. The summed E-state index contributed by atoms with van der Waals surface area (Å²) in [7, 11) is 0. The zero-order chi connectivity index (χ0) is 9.14. The van der Waals surface area contributed by atoms with Crippen molar-refractivity contribution in [2.75, 3.05) is 0 Å². The summed E-state index contributed by atoms with van der Waals surface area (Å²) in [6, 6.07) is 5.37. The van der Waals surface area contributed by atoms with E-state index < -0.39 is 0 Å². The lowest BCUT2D eigenvalue weighted by atomic mass is 10.3. The van der Waals surface area contributed by atoms with Gasteiger partial charge in [0.2, 0.25) is 0 Å². The molecule has 1 aromatic rings. The van der Waals surface area contributed by atoms with Crippen molar-refractivity contribution < 1.29 is 4.42 Å². The number of hydrogen-bond donors (Lipinski definition) is 0. The molecule has 0 amide bonds. The Kier molecular flexibility index (Phi) is 2.96. The first-order chi connectivity index (χ1) is 5.65. The van der Waals surface area contributed by atoms with Gasteiger partial charge in [0.25, 0.3) is 0 Å². The molecule has 4 heteroatoms. The zero-order valence-electron chi connectivity index (χ0n) is 6.27.